The molecule has 0 aromatic heterocycles. The molecule has 1 aromatic rings. The Morgan fingerprint density at radius 3 is 2.84 bits per heavy atom. The van der Waals surface area contributed by atoms with Gasteiger partial charge in [0.15, 0.2) is 15.0 Å². The zero-order valence-corrected chi connectivity index (χ0v) is 11.7. The summed E-state index contributed by atoms with van der Waals surface area (Å²) < 4.78 is 22.8. The van der Waals surface area contributed by atoms with Crippen LogP contribution in [0.15, 0.2) is 40.4 Å². The van der Waals surface area contributed by atoms with E-state index < -0.39 is 9.84 Å². The molecular formula is C12H13N3O2S2. The summed E-state index contributed by atoms with van der Waals surface area (Å²) in [4.78, 5) is 4.35. The molecule has 2 aliphatic heterocycles. The van der Waals surface area contributed by atoms with E-state index in [-0.39, 0.29) is 22.8 Å². The first-order valence-corrected chi connectivity index (χ1v) is 8.61. The molecule has 1 aromatic carbocycles. The van der Waals surface area contributed by atoms with Crippen LogP contribution in [-0.2, 0) is 9.84 Å². The number of nitrogens with zero attached hydrogens (tertiary/aromatic N) is 2. The smallest absolute Gasteiger partial charge is 0.177 e. The normalized spacial score (nSPS) is 28.3. The zero-order chi connectivity index (χ0) is 13.3. The Morgan fingerprint density at radius 2 is 2.11 bits per heavy atom. The number of fused-ring (bicyclic) bond motifs is 1. The Kier molecular flexibility index (Phi) is 3.32. The van der Waals surface area contributed by atoms with Crippen molar-refractivity contribution < 1.29 is 8.42 Å². The molecule has 0 amide bonds. The van der Waals surface area contributed by atoms with Crippen LogP contribution in [0.25, 0.3) is 0 Å². The average molecular weight is 295 g/mol. The Labute approximate surface area is 116 Å². The number of aliphatic imine (C=N–C) groups is 1. The van der Waals surface area contributed by atoms with E-state index in [1.54, 1.807) is 6.21 Å². The fourth-order valence-electron chi connectivity index (χ4n) is 2.11. The quantitative estimate of drug-likeness (QED) is 0.649. The summed E-state index contributed by atoms with van der Waals surface area (Å²) >= 11 is 1.46. The second kappa shape index (κ2) is 4.97. The Morgan fingerprint density at radius 1 is 1.32 bits per heavy atom. The fourth-order valence-corrected chi connectivity index (χ4v) is 5.72. The first-order valence-electron chi connectivity index (χ1n) is 5.91. The maximum absolute atomic E-state index is 11.4. The summed E-state index contributed by atoms with van der Waals surface area (Å²) in [5, 5.41) is 4.87. The van der Waals surface area contributed by atoms with Crippen molar-refractivity contribution in [1.29, 1.82) is 0 Å². The van der Waals surface area contributed by atoms with Crippen molar-refractivity contribution in [3.63, 3.8) is 0 Å². The van der Waals surface area contributed by atoms with Gasteiger partial charge in [-0.3, -0.25) is 10.4 Å². The van der Waals surface area contributed by atoms with Crippen LogP contribution in [0.3, 0.4) is 0 Å². The molecule has 0 bridgehead atoms. The maximum atomic E-state index is 11.4. The third kappa shape index (κ3) is 2.98. The Balaban J connectivity index is 1.60. The van der Waals surface area contributed by atoms with Crippen LogP contribution in [0.1, 0.15) is 5.56 Å². The van der Waals surface area contributed by atoms with Crippen LogP contribution >= 0.6 is 11.8 Å². The lowest BCUT2D eigenvalue weighted by Gasteiger charge is -2.01. The summed E-state index contributed by atoms with van der Waals surface area (Å²) in [5.41, 5.74) is 3.87. The number of benzene rings is 1. The Bertz CT molecular complexity index is 626. The highest BCUT2D eigenvalue weighted by molar-refractivity contribution is 8.15. The molecule has 2 atom stereocenters. The first-order chi connectivity index (χ1) is 9.12. The zero-order valence-electron chi connectivity index (χ0n) is 10.1. The number of amidine groups is 1. The van der Waals surface area contributed by atoms with Gasteiger partial charge in [0.05, 0.1) is 23.8 Å². The molecule has 0 spiro atoms. The van der Waals surface area contributed by atoms with Gasteiger partial charge in [0.25, 0.3) is 0 Å². The van der Waals surface area contributed by atoms with Crippen molar-refractivity contribution in [3.8, 4) is 0 Å². The largest absolute Gasteiger partial charge is 0.256 e. The SMILES string of the molecule is O=S1(=O)C[C@@H]2SC(NN=Cc3ccccc3)=N[C@@H]2C1. The highest BCUT2D eigenvalue weighted by Crippen LogP contribution is 2.33. The predicted octanol–water partition coefficient (Wildman–Crippen LogP) is 0.879. The van der Waals surface area contributed by atoms with Gasteiger partial charge in [0.2, 0.25) is 0 Å². The minimum atomic E-state index is -2.89. The molecule has 100 valence electrons. The standard InChI is InChI=1S/C12H13N3O2S2/c16-19(17)7-10-11(8-19)18-12(14-10)15-13-6-9-4-2-1-3-5-9/h1-6,10-11H,7-8H2,(H,14,15)/t10-,11+/m1/s1. The van der Waals surface area contributed by atoms with E-state index in [1.807, 2.05) is 30.3 Å². The predicted molar refractivity (Wildman–Crippen MR) is 78.4 cm³/mol. The first kappa shape index (κ1) is 12.7. The second-order valence-corrected chi connectivity index (χ2v) is 7.90. The van der Waals surface area contributed by atoms with Gasteiger partial charge < -0.3 is 0 Å². The highest BCUT2D eigenvalue weighted by atomic mass is 32.2. The van der Waals surface area contributed by atoms with Crippen LogP contribution in [0, 0.1) is 0 Å². The van der Waals surface area contributed by atoms with Gasteiger partial charge in [0, 0.05) is 5.25 Å². The minimum Gasteiger partial charge on any atom is -0.256 e. The third-order valence-electron chi connectivity index (χ3n) is 2.99. The molecule has 0 radical (unpaired) electrons. The van der Waals surface area contributed by atoms with Gasteiger partial charge in [-0.15, -0.1) is 0 Å². The van der Waals surface area contributed by atoms with E-state index >= 15 is 0 Å². The van der Waals surface area contributed by atoms with Crippen LogP contribution in [0.4, 0.5) is 0 Å². The second-order valence-electron chi connectivity index (χ2n) is 4.52. The molecule has 3 rings (SSSR count). The molecule has 5 nitrogen and oxygen atoms in total. The summed E-state index contributed by atoms with van der Waals surface area (Å²) in [6, 6.07) is 9.64. The van der Waals surface area contributed by atoms with E-state index in [0.29, 0.717) is 5.17 Å². The molecule has 19 heavy (non-hydrogen) atoms. The van der Waals surface area contributed by atoms with E-state index in [0.717, 1.165) is 5.56 Å². The van der Waals surface area contributed by atoms with Crippen molar-refractivity contribution >= 4 is 33.0 Å². The Hall–Kier alpha value is -1.34. The molecule has 1 saturated heterocycles. The van der Waals surface area contributed by atoms with E-state index in [9.17, 15) is 8.42 Å². The van der Waals surface area contributed by atoms with E-state index in [2.05, 4.69) is 15.5 Å². The lowest BCUT2D eigenvalue weighted by atomic mass is 10.2. The van der Waals surface area contributed by atoms with Crippen LogP contribution in [0.2, 0.25) is 0 Å². The van der Waals surface area contributed by atoms with Gasteiger partial charge in [-0.2, -0.15) is 5.10 Å². The molecule has 2 heterocycles. The molecule has 0 saturated carbocycles. The number of hydrogen-bond donors (Lipinski definition) is 1. The van der Waals surface area contributed by atoms with Crippen molar-refractivity contribution in [2.45, 2.75) is 11.3 Å². The van der Waals surface area contributed by atoms with Gasteiger partial charge in [0.1, 0.15) is 0 Å². The number of rotatable bonds is 2. The van der Waals surface area contributed by atoms with Gasteiger partial charge in [-0.25, -0.2) is 8.42 Å². The van der Waals surface area contributed by atoms with Gasteiger partial charge in [-0.1, -0.05) is 42.1 Å². The highest BCUT2D eigenvalue weighted by Gasteiger charge is 2.42. The number of sulfone groups is 1. The van der Waals surface area contributed by atoms with Gasteiger partial charge in [-0.05, 0) is 5.56 Å². The van der Waals surface area contributed by atoms with Crippen LogP contribution in [-0.4, -0.2) is 42.6 Å². The molecular weight excluding hydrogens is 282 g/mol. The number of thioether (sulfide) groups is 1. The molecule has 1 N–H and O–H groups in total. The lowest BCUT2D eigenvalue weighted by molar-refractivity contribution is 0.601. The van der Waals surface area contributed by atoms with Crippen molar-refractivity contribution in [3.05, 3.63) is 35.9 Å². The molecule has 7 heteroatoms. The summed E-state index contributed by atoms with van der Waals surface area (Å²) in [5.74, 6) is 0.387. The maximum Gasteiger partial charge on any atom is 0.177 e. The number of hydrogen-bond acceptors (Lipinski definition) is 6. The number of hydrazone groups is 1. The molecule has 0 aliphatic carbocycles. The average Bonchev–Trinajstić information content (AvgIpc) is 2.83. The molecule has 0 unspecified atom stereocenters. The lowest BCUT2D eigenvalue weighted by Crippen LogP contribution is -2.15. The van der Waals surface area contributed by atoms with Gasteiger partial charge >= 0.3 is 0 Å². The van der Waals surface area contributed by atoms with E-state index in [4.69, 9.17) is 0 Å². The number of nitrogens with one attached hydrogen (secondary N) is 1. The summed E-state index contributed by atoms with van der Waals surface area (Å²) in [7, 11) is -2.89. The topological polar surface area (TPSA) is 70.9 Å². The molecule has 2 aliphatic rings. The van der Waals surface area contributed by atoms with Crippen LogP contribution < -0.4 is 5.43 Å². The van der Waals surface area contributed by atoms with Crippen LogP contribution in [0.5, 0.6) is 0 Å². The van der Waals surface area contributed by atoms with Crippen molar-refractivity contribution in [1.82, 2.24) is 5.43 Å². The summed E-state index contributed by atoms with van der Waals surface area (Å²) in [6.07, 6.45) is 1.72. The minimum absolute atomic E-state index is 0.0550. The van der Waals surface area contributed by atoms with Crippen molar-refractivity contribution in [2.24, 2.45) is 10.1 Å². The third-order valence-corrected chi connectivity index (χ3v) is 6.12. The monoisotopic (exact) mass is 295 g/mol. The van der Waals surface area contributed by atoms with Crippen molar-refractivity contribution in [2.75, 3.05) is 11.5 Å². The molecule has 1 fully saturated rings. The fraction of sp³-hybridized carbons (Fsp3) is 0.333. The van der Waals surface area contributed by atoms with E-state index in [1.165, 1.54) is 11.8 Å². The summed E-state index contributed by atoms with van der Waals surface area (Å²) in [6.45, 7) is 0.